The van der Waals surface area contributed by atoms with Crippen molar-refractivity contribution in [3.63, 3.8) is 0 Å². The summed E-state index contributed by atoms with van der Waals surface area (Å²) >= 11 is 1.51. The first-order chi connectivity index (χ1) is 23.4. The number of rotatable bonds is 3. The van der Waals surface area contributed by atoms with Crippen molar-refractivity contribution in [3.05, 3.63) is 27.3 Å². The van der Waals surface area contributed by atoms with Gasteiger partial charge in [0.15, 0.2) is 37.8 Å². The minimum absolute atomic E-state index is 0.0144. The number of nitrogen functional groups attached to an aromatic ring is 1. The SMILES string of the molecule is CC(C1CCCN1C)n1nc2c3c(nc(-c4noc5c4CCCC54CCCc5sc(N)c(C#N)c54)nc31)N1CC(C)(O)CCC1CS2(=O)=O. The van der Waals surface area contributed by atoms with Crippen molar-refractivity contribution in [1.29, 1.82) is 5.26 Å². The largest absolute Gasteiger partial charge is 0.389 e. The van der Waals surface area contributed by atoms with E-state index in [1.807, 2.05) is 4.90 Å². The first-order valence-electron chi connectivity index (χ1n) is 17.5. The number of thiophene rings is 1. The Labute approximate surface area is 289 Å². The van der Waals surface area contributed by atoms with Crippen LogP contribution in [0.1, 0.15) is 98.6 Å². The van der Waals surface area contributed by atoms with Crippen molar-refractivity contribution in [2.24, 2.45) is 0 Å². The van der Waals surface area contributed by atoms with E-state index < -0.39 is 20.9 Å². The molecular formula is C34H41N9O4S2. The maximum atomic E-state index is 14.1. The Morgan fingerprint density at radius 3 is 2.71 bits per heavy atom. The quantitative estimate of drug-likeness (QED) is 0.312. The fraction of sp³-hybridized carbons (Fsp3) is 0.618. The predicted molar refractivity (Wildman–Crippen MR) is 184 cm³/mol. The van der Waals surface area contributed by atoms with Gasteiger partial charge < -0.3 is 25.2 Å². The molecule has 0 bridgehead atoms. The third-order valence-electron chi connectivity index (χ3n) is 12.0. The van der Waals surface area contributed by atoms with Gasteiger partial charge in [-0.05, 0) is 97.2 Å². The Kier molecular flexibility index (Phi) is 6.87. The maximum Gasteiger partial charge on any atom is 0.200 e. The van der Waals surface area contributed by atoms with Gasteiger partial charge in [0, 0.05) is 29.1 Å². The number of aliphatic hydroxyl groups is 1. The Hall–Kier alpha value is -3.58. The average Bonchev–Trinajstić information content (AvgIpc) is 3.84. The molecule has 3 N–H and O–H groups in total. The summed E-state index contributed by atoms with van der Waals surface area (Å²) < 4.78 is 36.2. The van der Waals surface area contributed by atoms with E-state index >= 15 is 0 Å². The van der Waals surface area contributed by atoms with Crippen molar-refractivity contribution in [1.82, 2.24) is 29.8 Å². The molecule has 2 saturated heterocycles. The second-order valence-electron chi connectivity index (χ2n) is 15.2. The number of likely N-dealkylation sites (tertiary alicyclic amines) is 1. The maximum absolute atomic E-state index is 14.1. The number of hydrogen-bond acceptors (Lipinski definition) is 13. The van der Waals surface area contributed by atoms with Gasteiger partial charge in [-0.1, -0.05) is 5.16 Å². The number of likely N-dealkylation sites (N-methyl/N-ethyl adjacent to an activating group) is 1. The molecule has 7 heterocycles. The van der Waals surface area contributed by atoms with Gasteiger partial charge >= 0.3 is 0 Å². The molecule has 9 rings (SSSR count). The normalized spacial score (nSPS) is 29.7. The fourth-order valence-electron chi connectivity index (χ4n) is 9.69. The van der Waals surface area contributed by atoms with Crippen LogP contribution in [0.5, 0.6) is 0 Å². The number of nitrogens with two attached hydrogens (primary N) is 1. The highest BCUT2D eigenvalue weighted by Crippen LogP contribution is 2.55. The van der Waals surface area contributed by atoms with Crippen LogP contribution in [0.4, 0.5) is 10.8 Å². The van der Waals surface area contributed by atoms with Crippen LogP contribution in [0.3, 0.4) is 0 Å². The number of fused-ring (bicyclic) bond motifs is 6. The fourth-order valence-corrected chi connectivity index (χ4v) is 12.6. The molecule has 4 aromatic heterocycles. The second-order valence-corrected chi connectivity index (χ2v) is 18.3. The van der Waals surface area contributed by atoms with Gasteiger partial charge in [0.25, 0.3) is 0 Å². The highest BCUT2D eigenvalue weighted by atomic mass is 32.2. The van der Waals surface area contributed by atoms with E-state index in [9.17, 15) is 18.8 Å². The molecule has 0 radical (unpaired) electrons. The van der Waals surface area contributed by atoms with E-state index in [1.54, 1.807) is 11.6 Å². The van der Waals surface area contributed by atoms with Crippen LogP contribution in [0.25, 0.3) is 22.6 Å². The Balaban J connectivity index is 1.28. The van der Waals surface area contributed by atoms with E-state index in [4.69, 9.17) is 25.3 Å². The first kappa shape index (κ1) is 31.4. The van der Waals surface area contributed by atoms with E-state index in [2.05, 4.69) is 30.1 Å². The molecule has 5 atom stereocenters. The molecule has 13 nitrogen and oxygen atoms in total. The number of sulfone groups is 1. The molecule has 2 fully saturated rings. The van der Waals surface area contributed by atoms with Gasteiger partial charge in [-0.2, -0.15) is 10.4 Å². The zero-order chi connectivity index (χ0) is 34.0. The van der Waals surface area contributed by atoms with Crippen molar-refractivity contribution in [2.75, 3.05) is 36.5 Å². The molecule has 3 aliphatic heterocycles. The third kappa shape index (κ3) is 4.49. The van der Waals surface area contributed by atoms with Crippen molar-refractivity contribution < 1.29 is 18.0 Å². The number of aryl methyl sites for hydroxylation is 1. The zero-order valence-corrected chi connectivity index (χ0v) is 29.7. The molecule has 258 valence electrons. The molecule has 0 aromatic carbocycles. The summed E-state index contributed by atoms with van der Waals surface area (Å²) in [5.74, 6) is 1.48. The van der Waals surface area contributed by atoms with E-state index in [-0.39, 0.29) is 35.4 Å². The summed E-state index contributed by atoms with van der Waals surface area (Å²) in [4.78, 5) is 15.7. The lowest BCUT2D eigenvalue weighted by molar-refractivity contribution is 0.0379. The zero-order valence-electron chi connectivity index (χ0n) is 28.1. The van der Waals surface area contributed by atoms with E-state index in [1.165, 1.54) is 11.3 Å². The first-order valence-corrected chi connectivity index (χ1v) is 19.9. The van der Waals surface area contributed by atoms with Gasteiger partial charge in [-0.15, -0.1) is 11.3 Å². The average molecular weight is 704 g/mol. The molecule has 0 amide bonds. The summed E-state index contributed by atoms with van der Waals surface area (Å²) in [6.07, 6.45) is 8.14. The second kappa shape index (κ2) is 10.7. The lowest BCUT2D eigenvalue weighted by atomic mass is 9.63. The molecule has 0 saturated carbocycles. The van der Waals surface area contributed by atoms with Crippen molar-refractivity contribution in [2.45, 2.75) is 112 Å². The standard InChI is InChI=1S/C34H41N9O4S2/c1-18(22-8-6-14-41(22)3)43-31-24-30(42-17-33(2,44)13-10-19(42)16-49(45,46)32(24)39-43)37-29(38-31)26-20-7-4-11-34(27(20)47-40-26)12-5-9-23-25(34)21(15-35)28(36)48-23/h18-19,22,44H,4-14,16-17,36H2,1-3H3. The van der Waals surface area contributed by atoms with Crippen molar-refractivity contribution in [3.8, 4) is 17.6 Å². The minimum Gasteiger partial charge on any atom is -0.389 e. The number of nitrogens with zero attached hydrogens (tertiary/aromatic N) is 8. The van der Waals surface area contributed by atoms with E-state index in [0.29, 0.717) is 58.2 Å². The summed E-state index contributed by atoms with van der Waals surface area (Å²) in [5.41, 5.74) is 8.33. The molecule has 49 heavy (non-hydrogen) atoms. The Morgan fingerprint density at radius 2 is 1.96 bits per heavy atom. The van der Waals surface area contributed by atoms with Crippen LogP contribution in [-0.4, -0.2) is 86.9 Å². The summed E-state index contributed by atoms with van der Waals surface area (Å²) in [5, 5.41) is 31.9. The predicted octanol–water partition coefficient (Wildman–Crippen LogP) is 4.12. The van der Waals surface area contributed by atoms with E-state index in [0.717, 1.165) is 73.3 Å². The van der Waals surface area contributed by atoms with Crippen LogP contribution in [0.15, 0.2) is 9.55 Å². The van der Waals surface area contributed by atoms with Crippen LogP contribution in [0.2, 0.25) is 0 Å². The lowest BCUT2D eigenvalue weighted by Gasteiger charge is -2.42. The molecule has 15 heteroatoms. The number of piperidine rings is 1. The minimum atomic E-state index is -3.79. The smallest absolute Gasteiger partial charge is 0.200 e. The number of hydrogen-bond donors (Lipinski definition) is 2. The van der Waals surface area contributed by atoms with Crippen LogP contribution in [0, 0.1) is 11.3 Å². The molecule has 5 aliphatic rings. The van der Waals surface area contributed by atoms with Crippen LogP contribution >= 0.6 is 11.3 Å². The third-order valence-corrected chi connectivity index (χ3v) is 14.8. The van der Waals surface area contributed by atoms with Gasteiger partial charge in [-0.3, -0.25) is 0 Å². The highest BCUT2D eigenvalue weighted by molar-refractivity contribution is 7.91. The highest BCUT2D eigenvalue weighted by Gasteiger charge is 2.50. The summed E-state index contributed by atoms with van der Waals surface area (Å²) in [6, 6.07) is 2.04. The van der Waals surface area contributed by atoms with Crippen LogP contribution < -0.4 is 10.6 Å². The molecule has 1 spiro atoms. The summed E-state index contributed by atoms with van der Waals surface area (Å²) in [7, 11) is -1.70. The number of nitriles is 1. The van der Waals surface area contributed by atoms with Gasteiger partial charge in [0.1, 0.15) is 22.3 Å². The van der Waals surface area contributed by atoms with Gasteiger partial charge in [-0.25, -0.2) is 23.1 Å². The molecule has 4 aromatic rings. The molecular weight excluding hydrogens is 663 g/mol. The monoisotopic (exact) mass is 703 g/mol. The number of anilines is 2. The Morgan fingerprint density at radius 1 is 1.16 bits per heavy atom. The summed E-state index contributed by atoms with van der Waals surface area (Å²) in [6.45, 7) is 5.08. The molecule has 2 aliphatic carbocycles. The van der Waals surface area contributed by atoms with Crippen molar-refractivity contribution >= 4 is 43.0 Å². The van der Waals surface area contributed by atoms with Gasteiger partial charge in [0.2, 0.25) is 0 Å². The Bertz CT molecular complexity index is 2180. The topological polar surface area (TPSA) is 180 Å². The molecule has 5 unspecified atom stereocenters. The number of aromatic nitrogens is 5. The lowest BCUT2D eigenvalue weighted by Crippen LogP contribution is -2.53. The van der Waals surface area contributed by atoms with Crippen LogP contribution in [-0.2, 0) is 28.1 Å². The van der Waals surface area contributed by atoms with Gasteiger partial charge in [0.05, 0.1) is 28.4 Å².